The van der Waals surface area contributed by atoms with E-state index in [9.17, 15) is 4.79 Å². The maximum Gasteiger partial charge on any atom is 0.339 e. The zero-order valence-corrected chi connectivity index (χ0v) is 9.86. The second-order valence-electron chi connectivity index (χ2n) is 4.00. The van der Waals surface area contributed by atoms with E-state index < -0.39 is 5.97 Å². The predicted octanol–water partition coefficient (Wildman–Crippen LogP) is 0.453. The van der Waals surface area contributed by atoms with E-state index in [0.29, 0.717) is 30.4 Å². The molecule has 1 atom stereocenters. The van der Waals surface area contributed by atoms with Gasteiger partial charge in [0, 0.05) is 13.1 Å². The van der Waals surface area contributed by atoms with Crippen LogP contribution >= 0.6 is 0 Å². The first-order valence-corrected chi connectivity index (χ1v) is 5.50. The Morgan fingerprint density at radius 3 is 2.53 bits per heavy atom. The Labute approximate surface area is 99.0 Å². The van der Waals surface area contributed by atoms with E-state index in [2.05, 4.69) is 15.3 Å². The minimum Gasteiger partial charge on any atom is -0.478 e. The number of carboxylic acids is 1. The van der Waals surface area contributed by atoms with Crippen molar-refractivity contribution in [3.63, 3.8) is 0 Å². The van der Waals surface area contributed by atoms with Crippen LogP contribution in [0.2, 0.25) is 0 Å². The van der Waals surface area contributed by atoms with Crippen LogP contribution < -0.4 is 5.32 Å². The Bertz CT molecular complexity index is 419. The number of aryl methyl sites for hydroxylation is 2. The molecule has 1 aromatic heterocycles. The van der Waals surface area contributed by atoms with Gasteiger partial charge >= 0.3 is 5.97 Å². The van der Waals surface area contributed by atoms with Gasteiger partial charge in [-0.1, -0.05) is 0 Å². The molecule has 2 N–H and O–H groups in total. The molecule has 6 nitrogen and oxygen atoms in total. The predicted molar refractivity (Wildman–Crippen MR) is 60.0 cm³/mol. The highest BCUT2D eigenvalue weighted by molar-refractivity contribution is 5.89. The van der Waals surface area contributed by atoms with Gasteiger partial charge in [-0.25, -0.2) is 14.8 Å². The second-order valence-corrected chi connectivity index (χ2v) is 4.00. The van der Waals surface area contributed by atoms with Gasteiger partial charge < -0.3 is 15.2 Å². The molecule has 2 rings (SSSR count). The van der Waals surface area contributed by atoms with Crippen LogP contribution in [0.15, 0.2) is 0 Å². The molecule has 17 heavy (non-hydrogen) atoms. The first-order chi connectivity index (χ1) is 8.09. The lowest BCUT2D eigenvalue weighted by Crippen LogP contribution is -2.34. The van der Waals surface area contributed by atoms with Crippen molar-refractivity contribution in [2.45, 2.75) is 20.0 Å². The van der Waals surface area contributed by atoms with Gasteiger partial charge in [-0.15, -0.1) is 0 Å². The first-order valence-electron chi connectivity index (χ1n) is 5.50. The van der Waals surface area contributed by atoms with Gasteiger partial charge in [0.2, 0.25) is 0 Å². The van der Waals surface area contributed by atoms with Gasteiger partial charge in [-0.05, 0) is 13.8 Å². The summed E-state index contributed by atoms with van der Waals surface area (Å²) in [6.07, 6.45) is -0.191. The van der Waals surface area contributed by atoms with Crippen LogP contribution in [-0.4, -0.2) is 40.7 Å². The number of nitrogens with zero attached hydrogens (tertiary/aromatic N) is 2. The van der Waals surface area contributed by atoms with Crippen molar-refractivity contribution in [3.8, 4) is 0 Å². The van der Waals surface area contributed by atoms with E-state index >= 15 is 0 Å². The standard InChI is InChI=1S/C11H15N3O3/c1-6-9(11(15)16)7(2)14-10(13-6)8-5-12-3-4-17-8/h8,12H,3-5H2,1-2H3,(H,15,16). The summed E-state index contributed by atoms with van der Waals surface area (Å²) in [5.74, 6) is -0.438. The SMILES string of the molecule is Cc1nc(C2CNCCO2)nc(C)c1C(=O)O. The van der Waals surface area contributed by atoms with Crippen LogP contribution in [0.1, 0.15) is 33.7 Å². The van der Waals surface area contributed by atoms with Crippen molar-refractivity contribution >= 4 is 5.97 Å². The molecule has 0 saturated carbocycles. The molecule has 0 aliphatic carbocycles. The lowest BCUT2D eigenvalue weighted by Gasteiger charge is -2.23. The van der Waals surface area contributed by atoms with E-state index in [4.69, 9.17) is 9.84 Å². The minimum absolute atomic E-state index is 0.178. The van der Waals surface area contributed by atoms with E-state index in [0.717, 1.165) is 6.54 Å². The molecule has 92 valence electrons. The number of hydrogen-bond acceptors (Lipinski definition) is 5. The lowest BCUT2D eigenvalue weighted by molar-refractivity contribution is 0.0218. The number of aromatic nitrogens is 2. The molecule has 0 aromatic carbocycles. The van der Waals surface area contributed by atoms with E-state index in [1.165, 1.54) is 0 Å². The highest BCUT2D eigenvalue weighted by Crippen LogP contribution is 2.18. The highest BCUT2D eigenvalue weighted by atomic mass is 16.5. The van der Waals surface area contributed by atoms with Crippen molar-refractivity contribution in [3.05, 3.63) is 22.8 Å². The molecule has 1 fully saturated rings. The van der Waals surface area contributed by atoms with Crippen molar-refractivity contribution in [2.24, 2.45) is 0 Å². The van der Waals surface area contributed by atoms with Gasteiger partial charge in [0.25, 0.3) is 0 Å². The molecule has 1 aromatic rings. The number of aromatic carboxylic acids is 1. The van der Waals surface area contributed by atoms with Crippen LogP contribution in [0.3, 0.4) is 0 Å². The normalized spacial score (nSPS) is 20.2. The Balaban J connectivity index is 2.34. The zero-order valence-electron chi connectivity index (χ0n) is 9.86. The van der Waals surface area contributed by atoms with Crippen LogP contribution in [0, 0.1) is 13.8 Å². The smallest absolute Gasteiger partial charge is 0.339 e. The van der Waals surface area contributed by atoms with Gasteiger partial charge in [0.1, 0.15) is 11.7 Å². The monoisotopic (exact) mass is 237 g/mol. The molecule has 1 aliphatic heterocycles. The van der Waals surface area contributed by atoms with Crippen LogP contribution in [0.25, 0.3) is 0 Å². The molecule has 1 unspecified atom stereocenters. The van der Waals surface area contributed by atoms with Crippen LogP contribution in [0.5, 0.6) is 0 Å². The quantitative estimate of drug-likeness (QED) is 0.777. The van der Waals surface area contributed by atoms with E-state index in [1.807, 2.05) is 0 Å². The molecular weight excluding hydrogens is 222 g/mol. The minimum atomic E-state index is -0.991. The highest BCUT2D eigenvalue weighted by Gasteiger charge is 2.22. The number of carboxylic acid groups (broad SMARTS) is 1. The molecule has 0 radical (unpaired) electrons. The van der Waals surface area contributed by atoms with Gasteiger partial charge in [-0.2, -0.15) is 0 Å². The summed E-state index contributed by atoms with van der Waals surface area (Å²) in [6, 6.07) is 0. The molecule has 0 spiro atoms. The molecule has 0 bridgehead atoms. The zero-order chi connectivity index (χ0) is 12.4. The summed E-state index contributed by atoms with van der Waals surface area (Å²) >= 11 is 0. The molecule has 6 heteroatoms. The fourth-order valence-electron chi connectivity index (χ4n) is 1.93. The summed E-state index contributed by atoms with van der Waals surface area (Å²) in [5.41, 5.74) is 1.14. The summed E-state index contributed by atoms with van der Waals surface area (Å²) in [4.78, 5) is 19.5. The number of hydrogen-bond donors (Lipinski definition) is 2. The summed E-state index contributed by atoms with van der Waals surface area (Å²) in [7, 11) is 0. The fourth-order valence-corrected chi connectivity index (χ4v) is 1.93. The van der Waals surface area contributed by atoms with E-state index in [-0.39, 0.29) is 11.7 Å². The number of nitrogens with one attached hydrogen (secondary N) is 1. The Morgan fingerprint density at radius 2 is 2.06 bits per heavy atom. The van der Waals surface area contributed by atoms with E-state index in [1.54, 1.807) is 13.8 Å². The van der Waals surface area contributed by atoms with Crippen molar-refractivity contribution in [2.75, 3.05) is 19.7 Å². The molecule has 0 amide bonds. The van der Waals surface area contributed by atoms with Crippen molar-refractivity contribution in [1.29, 1.82) is 0 Å². The number of carbonyl (C=O) groups is 1. The summed E-state index contributed by atoms with van der Waals surface area (Å²) in [6.45, 7) is 5.45. The summed E-state index contributed by atoms with van der Waals surface area (Å²) < 4.78 is 5.54. The molecule has 1 saturated heterocycles. The van der Waals surface area contributed by atoms with Crippen molar-refractivity contribution < 1.29 is 14.6 Å². The third kappa shape index (κ3) is 2.42. The largest absolute Gasteiger partial charge is 0.478 e. The average Bonchev–Trinajstić information content (AvgIpc) is 2.28. The van der Waals surface area contributed by atoms with Gasteiger partial charge in [-0.3, -0.25) is 0 Å². The third-order valence-electron chi connectivity index (χ3n) is 2.72. The number of morpholine rings is 1. The fraction of sp³-hybridized carbons (Fsp3) is 0.545. The second kappa shape index (κ2) is 4.77. The Hall–Kier alpha value is -1.53. The van der Waals surface area contributed by atoms with Crippen LogP contribution in [0.4, 0.5) is 0 Å². The molecular formula is C11H15N3O3. The Kier molecular flexibility index (Phi) is 3.35. The summed E-state index contributed by atoms with van der Waals surface area (Å²) in [5, 5.41) is 12.2. The molecule has 2 heterocycles. The topological polar surface area (TPSA) is 84.3 Å². The van der Waals surface area contributed by atoms with Gasteiger partial charge in [0.05, 0.1) is 18.0 Å². The number of rotatable bonds is 2. The van der Waals surface area contributed by atoms with Gasteiger partial charge in [0.15, 0.2) is 5.82 Å². The van der Waals surface area contributed by atoms with Crippen LogP contribution in [-0.2, 0) is 4.74 Å². The van der Waals surface area contributed by atoms with Crippen molar-refractivity contribution in [1.82, 2.24) is 15.3 Å². The average molecular weight is 237 g/mol. The lowest BCUT2D eigenvalue weighted by atomic mass is 10.1. The Morgan fingerprint density at radius 1 is 1.41 bits per heavy atom. The third-order valence-corrected chi connectivity index (χ3v) is 2.72. The first kappa shape index (κ1) is 11.9. The maximum absolute atomic E-state index is 11.0. The number of ether oxygens (including phenoxy) is 1. The maximum atomic E-state index is 11.0. The molecule has 1 aliphatic rings.